The fourth-order valence-corrected chi connectivity index (χ4v) is 2.42. The smallest absolute Gasteiger partial charge is 0.317 e. The number of ether oxygens (including phenoxy) is 2. The van der Waals surface area contributed by atoms with Crippen molar-refractivity contribution in [2.45, 2.75) is 39.2 Å². The van der Waals surface area contributed by atoms with Crippen LogP contribution in [-0.4, -0.2) is 18.2 Å². The molecular formula is C18H18F4O3. The molecule has 1 aromatic carbocycles. The first-order valence-electron chi connectivity index (χ1n) is 7.64. The lowest BCUT2D eigenvalue weighted by Crippen LogP contribution is -2.28. The van der Waals surface area contributed by atoms with Crippen molar-refractivity contribution in [3.8, 4) is 18.1 Å². The van der Waals surface area contributed by atoms with Crippen molar-refractivity contribution in [3.05, 3.63) is 29.3 Å². The molecule has 0 amide bonds. The lowest BCUT2D eigenvalue weighted by molar-refractivity contribution is -0.141. The van der Waals surface area contributed by atoms with E-state index in [0.29, 0.717) is 12.8 Å². The predicted octanol–water partition coefficient (Wildman–Crippen LogP) is 3.99. The molecule has 1 fully saturated rings. The molecule has 7 heteroatoms. The van der Waals surface area contributed by atoms with Gasteiger partial charge < -0.3 is 9.47 Å². The minimum Gasteiger partial charge on any atom is -0.420 e. The van der Waals surface area contributed by atoms with Gasteiger partial charge in [-0.2, -0.15) is 8.78 Å². The zero-order valence-electron chi connectivity index (χ0n) is 14.1. The number of carbonyl (C=O) groups is 1. The highest BCUT2D eigenvalue weighted by atomic mass is 19.2. The lowest BCUT2D eigenvalue weighted by Gasteiger charge is -2.23. The van der Waals surface area contributed by atoms with E-state index in [-0.39, 0.29) is 18.6 Å². The molecule has 1 aliphatic rings. The van der Waals surface area contributed by atoms with Crippen molar-refractivity contribution < 1.29 is 31.8 Å². The number of hydrogen-bond acceptors (Lipinski definition) is 3. The summed E-state index contributed by atoms with van der Waals surface area (Å²) >= 11 is 0. The van der Waals surface area contributed by atoms with Crippen LogP contribution in [0.15, 0.2) is 6.07 Å². The van der Waals surface area contributed by atoms with Crippen LogP contribution in [0.5, 0.6) is 5.75 Å². The average molecular weight is 358 g/mol. The van der Waals surface area contributed by atoms with Crippen LogP contribution in [0, 0.1) is 46.9 Å². The van der Waals surface area contributed by atoms with Gasteiger partial charge in [-0.1, -0.05) is 0 Å². The lowest BCUT2D eigenvalue weighted by atomic mass is 10.1. The monoisotopic (exact) mass is 358 g/mol. The van der Waals surface area contributed by atoms with Gasteiger partial charge in [0.2, 0.25) is 17.4 Å². The summed E-state index contributed by atoms with van der Waals surface area (Å²) in [4.78, 5) is 12.2. The summed E-state index contributed by atoms with van der Waals surface area (Å²) in [6.07, 6.45) is 5.98. The Balaban J connectivity index is 2.05. The summed E-state index contributed by atoms with van der Waals surface area (Å²) in [5.74, 6) is -6.90. The molecule has 2 atom stereocenters. The third-order valence-corrected chi connectivity index (χ3v) is 4.35. The molecule has 0 radical (unpaired) electrons. The van der Waals surface area contributed by atoms with Crippen molar-refractivity contribution in [1.29, 1.82) is 0 Å². The highest BCUT2D eigenvalue weighted by molar-refractivity contribution is 5.82. The van der Waals surface area contributed by atoms with E-state index in [1.54, 1.807) is 13.8 Å². The van der Waals surface area contributed by atoms with Gasteiger partial charge in [-0.15, -0.1) is 12.3 Å². The Morgan fingerprint density at radius 2 is 1.88 bits per heavy atom. The molecular weight excluding hydrogens is 340 g/mol. The Morgan fingerprint density at radius 3 is 2.40 bits per heavy atom. The number of terminal acetylenes is 1. The second-order valence-corrected chi connectivity index (χ2v) is 6.96. The first kappa shape index (κ1) is 19.3. The zero-order chi connectivity index (χ0) is 19.0. The number of carbonyl (C=O) groups excluding carboxylic acids is 1. The standard InChI is InChI=1S/C18H18F4O3/c1-5-6-17(2,3)24-9-10-8-18(10,4)16(23)25-15-13(21)11(19)7-12(20)14(15)22/h1,7,10H,6,8-9H2,2-4H3. The molecule has 25 heavy (non-hydrogen) atoms. The number of hydrogen-bond donors (Lipinski definition) is 0. The van der Waals surface area contributed by atoms with E-state index in [4.69, 9.17) is 11.2 Å². The minimum atomic E-state index is -1.75. The van der Waals surface area contributed by atoms with Gasteiger partial charge in [0.1, 0.15) is 0 Å². The van der Waals surface area contributed by atoms with Gasteiger partial charge in [-0.3, -0.25) is 4.79 Å². The quantitative estimate of drug-likeness (QED) is 0.254. The SMILES string of the molecule is C#CCC(C)(C)OCC1CC1(C)C(=O)Oc1c(F)c(F)cc(F)c1F. The number of halogens is 4. The summed E-state index contributed by atoms with van der Waals surface area (Å²) in [7, 11) is 0. The fourth-order valence-electron chi connectivity index (χ4n) is 2.42. The van der Waals surface area contributed by atoms with Crippen LogP contribution in [-0.2, 0) is 9.53 Å². The van der Waals surface area contributed by atoms with Crippen molar-refractivity contribution in [1.82, 2.24) is 0 Å². The molecule has 0 saturated heterocycles. The number of benzene rings is 1. The molecule has 136 valence electrons. The molecule has 1 aliphatic carbocycles. The third kappa shape index (κ3) is 3.96. The van der Waals surface area contributed by atoms with E-state index in [1.165, 1.54) is 6.92 Å². The Bertz CT molecular complexity index is 713. The molecule has 0 N–H and O–H groups in total. The number of esters is 1. The first-order valence-corrected chi connectivity index (χ1v) is 7.64. The van der Waals surface area contributed by atoms with E-state index in [9.17, 15) is 22.4 Å². The third-order valence-electron chi connectivity index (χ3n) is 4.35. The summed E-state index contributed by atoms with van der Waals surface area (Å²) < 4.78 is 63.8. The Hall–Kier alpha value is -2.07. The van der Waals surface area contributed by atoms with Crippen LogP contribution in [0.3, 0.4) is 0 Å². The van der Waals surface area contributed by atoms with Gasteiger partial charge in [0.05, 0.1) is 17.6 Å². The normalized spacial score (nSPS) is 22.4. The van der Waals surface area contributed by atoms with Crippen LogP contribution in [0.1, 0.15) is 33.6 Å². The maximum Gasteiger partial charge on any atom is 0.317 e. The predicted molar refractivity (Wildman–Crippen MR) is 81.6 cm³/mol. The maximum absolute atomic E-state index is 13.6. The summed E-state index contributed by atoms with van der Waals surface area (Å²) in [6.45, 7) is 5.32. The second-order valence-electron chi connectivity index (χ2n) is 6.96. The van der Waals surface area contributed by atoms with E-state index < -0.39 is 46.0 Å². The van der Waals surface area contributed by atoms with Gasteiger partial charge in [0.15, 0.2) is 11.6 Å². The van der Waals surface area contributed by atoms with Crippen molar-refractivity contribution in [2.24, 2.45) is 11.3 Å². The molecule has 0 aliphatic heterocycles. The molecule has 2 unspecified atom stereocenters. The van der Waals surface area contributed by atoms with Crippen LogP contribution in [0.25, 0.3) is 0 Å². The molecule has 1 aromatic rings. The van der Waals surface area contributed by atoms with Crippen LogP contribution >= 0.6 is 0 Å². The molecule has 0 aromatic heterocycles. The molecule has 0 spiro atoms. The minimum absolute atomic E-state index is 0.0467. The van der Waals surface area contributed by atoms with Crippen LogP contribution in [0.2, 0.25) is 0 Å². The Labute approximate surface area is 143 Å². The first-order chi connectivity index (χ1) is 11.5. The van der Waals surface area contributed by atoms with Crippen molar-refractivity contribution in [3.63, 3.8) is 0 Å². The molecule has 3 nitrogen and oxygen atoms in total. The van der Waals surface area contributed by atoms with Crippen molar-refractivity contribution >= 4 is 5.97 Å². The van der Waals surface area contributed by atoms with E-state index in [1.807, 2.05) is 0 Å². The zero-order valence-corrected chi connectivity index (χ0v) is 14.1. The fraction of sp³-hybridized carbons (Fsp3) is 0.500. The average Bonchev–Trinajstić information content (AvgIpc) is 3.20. The van der Waals surface area contributed by atoms with Crippen molar-refractivity contribution in [2.75, 3.05) is 6.61 Å². The molecule has 0 bridgehead atoms. The van der Waals surface area contributed by atoms with E-state index in [2.05, 4.69) is 10.7 Å². The van der Waals surface area contributed by atoms with E-state index in [0.717, 1.165) is 0 Å². The van der Waals surface area contributed by atoms with Crippen LogP contribution < -0.4 is 4.74 Å². The van der Waals surface area contributed by atoms with Gasteiger partial charge in [-0.25, -0.2) is 8.78 Å². The summed E-state index contributed by atoms with van der Waals surface area (Å²) in [5.41, 5.74) is -1.63. The largest absolute Gasteiger partial charge is 0.420 e. The number of rotatable bonds is 6. The van der Waals surface area contributed by atoms with Gasteiger partial charge in [0, 0.05) is 12.5 Å². The Morgan fingerprint density at radius 1 is 1.32 bits per heavy atom. The molecule has 0 heterocycles. The van der Waals surface area contributed by atoms with Gasteiger partial charge in [-0.05, 0) is 33.1 Å². The van der Waals surface area contributed by atoms with Gasteiger partial charge >= 0.3 is 5.97 Å². The summed E-state index contributed by atoms with van der Waals surface area (Å²) in [5, 5.41) is 0. The Kier molecular flexibility index (Phi) is 5.14. The highest BCUT2D eigenvalue weighted by Gasteiger charge is 2.58. The molecule has 1 saturated carbocycles. The second kappa shape index (κ2) is 6.68. The highest BCUT2D eigenvalue weighted by Crippen LogP contribution is 2.53. The summed E-state index contributed by atoms with van der Waals surface area (Å²) in [6, 6.07) is 0.0467. The topological polar surface area (TPSA) is 35.5 Å². The van der Waals surface area contributed by atoms with Crippen LogP contribution in [0.4, 0.5) is 17.6 Å². The maximum atomic E-state index is 13.6. The molecule has 2 rings (SSSR count). The van der Waals surface area contributed by atoms with Gasteiger partial charge in [0.25, 0.3) is 0 Å². The van der Waals surface area contributed by atoms with E-state index >= 15 is 0 Å².